The summed E-state index contributed by atoms with van der Waals surface area (Å²) in [6.45, 7) is 4.80. The number of ketones is 1. The second-order valence-electron chi connectivity index (χ2n) is 4.18. The van der Waals surface area contributed by atoms with Gasteiger partial charge in [0.2, 0.25) is 0 Å². The van der Waals surface area contributed by atoms with Crippen molar-refractivity contribution < 1.29 is 4.79 Å². The van der Waals surface area contributed by atoms with Gasteiger partial charge in [-0.3, -0.25) is 0 Å². The summed E-state index contributed by atoms with van der Waals surface area (Å²) < 4.78 is 0. The van der Waals surface area contributed by atoms with E-state index in [4.69, 9.17) is 0 Å². The molecule has 0 bridgehead atoms. The van der Waals surface area contributed by atoms with Gasteiger partial charge in [0.05, 0.1) is 0 Å². The molecule has 0 saturated heterocycles. The van der Waals surface area contributed by atoms with E-state index < -0.39 is 0 Å². The topological polar surface area (TPSA) is 17.1 Å². The molecule has 1 aliphatic rings. The van der Waals surface area contributed by atoms with Gasteiger partial charge < -0.3 is 4.79 Å². The fraction of sp³-hybridized carbons (Fsp3) is 0.727. The van der Waals surface area contributed by atoms with Crippen molar-refractivity contribution in [2.24, 2.45) is 5.92 Å². The summed E-state index contributed by atoms with van der Waals surface area (Å²) in [5.41, 5.74) is 0. The van der Waals surface area contributed by atoms with Crippen LogP contribution in [0.25, 0.3) is 0 Å². The summed E-state index contributed by atoms with van der Waals surface area (Å²) >= 11 is 0. The van der Waals surface area contributed by atoms with E-state index in [1.54, 1.807) is 6.92 Å². The Bertz CT molecular complexity index is 198. The van der Waals surface area contributed by atoms with Gasteiger partial charge in [-0.1, -0.05) is 44.5 Å². The highest BCUT2D eigenvalue weighted by Gasteiger charge is 2.16. The minimum atomic E-state index is 0.324. The zero-order valence-electron chi connectivity index (χ0n) is 8.75. The maximum atomic E-state index is 10.9. The quantitative estimate of drug-likeness (QED) is 0.479. The van der Waals surface area contributed by atoms with Crippen molar-refractivity contribution in [1.82, 2.24) is 0 Å². The van der Waals surface area contributed by atoms with Gasteiger partial charge in [0.15, 0.2) is 0 Å². The van der Waals surface area contributed by atoms with Crippen LogP contribution in [0.5, 0.6) is 0 Å². The largest absolute Gasteiger partial charge is 0.300 e. The Kier molecular flexibility index (Phi) is 4.27. The Morgan fingerprint density at radius 2 is 2.38 bits per heavy atom. The average Bonchev–Trinajstić information content (AvgIpc) is 2.29. The first-order valence-electron chi connectivity index (χ1n) is 5.38. The van der Waals surface area contributed by atoms with Gasteiger partial charge in [-0.2, -0.15) is 0 Å². The SMILES string of the molecule is CCB1CC=CC(CC(C)=O)CC1. The lowest BCUT2D eigenvalue weighted by atomic mass is 9.43. The van der Waals surface area contributed by atoms with Gasteiger partial charge in [0.1, 0.15) is 12.5 Å². The predicted octanol–water partition coefficient (Wildman–Crippen LogP) is 3.06. The van der Waals surface area contributed by atoms with E-state index in [9.17, 15) is 4.79 Å². The van der Waals surface area contributed by atoms with Crippen molar-refractivity contribution >= 4 is 12.5 Å². The molecule has 0 saturated carbocycles. The number of allylic oxidation sites excluding steroid dienone is 2. The fourth-order valence-electron chi connectivity index (χ4n) is 2.04. The lowest BCUT2D eigenvalue weighted by Gasteiger charge is -2.09. The molecule has 1 nitrogen and oxygen atoms in total. The van der Waals surface area contributed by atoms with Crippen LogP contribution in [0.15, 0.2) is 12.2 Å². The molecule has 0 radical (unpaired) electrons. The number of carbonyl (C=O) groups excluding carboxylic acids is 1. The first kappa shape index (κ1) is 10.6. The molecule has 0 aromatic rings. The van der Waals surface area contributed by atoms with Gasteiger partial charge in [0, 0.05) is 6.42 Å². The molecule has 1 rings (SSSR count). The average molecular weight is 178 g/mol. The summed E-state index contributed by atoms with van der Waals surface area (Å²) in [6.07, 6.45) is 10.2. The van der Waals surface area contributed by atoms with Gasteiger partial charge in [0.25, 0.3) is 0 Å². The molecule has 1 unspecified atom stereocenters. The van der Waals surface area contributed by atoms with Crippen LogP contribution in [0.4, 0.5) is 0 Å². The smallest absolute Gasteiger partial charge is 0.143 e. The molecule has 0 N–H and O–H groups in total. The molecule has 13 heavy (non-hydrogen) atoms. The van der Waals surface area contributed by atoms with Crippen molar-refractivity contribution in [2.45, 2.75) is 45.6 Å². The third kappa shape index (κ3) is 3.80. The monoisotopic (exact) mass is 178 g/mol. The van der Waals surface area contributed by atoms with Crippen molar-refractivity contribution in [2.75, 3.05) is 0 Å². The highest BCUT2D eigenvalue weighted by Crippen LogP contribution is 2.22. The Morgan fingerprint density at radius 3 is 3.00 bits per heavy atom. The summed E-state index contributed by atoms with van der Waals surface area (Å²) in [5, 5.41) is 0. The van der Waals surface area contributed by atoms with Crippen LogP contribution >= 0.6 is 0 Å². The predicted molar refractivity (Wildman–Crippen MR) is 58.4 cm³/mol. The minimum Gasteiger partial charge on any atom is -0.300 e. The molecule has 1 atom stereocenters. The van der Waals surface area contributed by atoms with Crippen LogP contribution in [0, 0.1) is 5.92 Å². The Labute approximate surface area is 81.7 Å². The molecule has 1 heterocycles. The molecule has 0 aromatic heterocycles. The van der Waals surface area contributed by atoms with Gasteiger partial charge >= 0.3 is 0 Å². The highest BCUT2D eigenvalue weighted by molar-refractivity contribution is 6.59. The molecular weight excluding hydrogens is 159 g/mol. The van der Waals surface area contributed by atoms with Crippen LogP contribution < -0.4 is 0 Å². The first-order valence-corrected chi connectivity index (χ1v) is 5.38. The third-order valence-electron chi connectivity index (χ3n) is 2.95. The summed E-state index contributed by atoms with van der Waals surface area (Å²) in [4.78, 5) is 10.9. The fourth-order valence-corrected chi connectivity index (χ4v) is 2.04. The summed E-state index contributed by atoms with van der Waals surface area (Å²) in [6, 6.07) is 0. The lowest BCUT2D eigenvalue weighted by Crippen LogP contribution is -2.09. The van der Waals surface area contributed by atoms with E-state index in [0.717, 1.165) is 13.1 Å². The number of carbonyl (C=O) groups is 1. The molecule has 0 aromatic carbocycles. The van der Waals surface area contributed by atoms with Crippen molar-refractivity contribution in [3.05, 3.63) is 12.2 Å². The first-order chi connectivity index (χ1) is 6.22. The molecule has 0 aliphatic carbocycles. The molecule has 0 fully saturated rings. The summed E-state index contributed by atoms with van der Waals surface area (Å²) in [5.74, 6) is 0.846. The number of hydrogen-bond acceptors (Lipinski definition) is 1. The van der Waals surface area contributed by atoms with Crippen molar-refractivity contribution in [3.63, 3.8) is 0 Å². The highest BCUT2D eigenvalue weighted by atomic mass is 16.1. The number of rotatable bonds is 3. The maximum Gasteiger partial charge on any atom is 0.143 e. The second-order valence-corrected chi connectivity index (χ2v) is 4.18. The number of Topliss-reactive ketones (excluding diaryl/α,β-unsaturated/α-hetero) is 1. The molecule has 2 heteroatoms. The third-order valence-corrected chi connectivity index (χ3v) is 2.95. The van der Waals surface area contributed by atoms with Crippen LogP contribution in [0.1, 0.15) is 26.7 Å². The van der Waals surface area contributed by atoms with Crippen LogP contribution in [-0.4, -0.2) is 12.5 Å². The van der Waals surface area contributed by atoms with Crippen LogP contribution in [-0.2, 0) is 4.79 Å². The minimum absolute atomic E-state index is 0.324. The normalized spacial score (nSPS) is 22.9. The van der Waals surface area contributed by atoms with E-state index in [0.29, 0.717) is 11.7 Å². The van der Waals surface area contributed by atoms with E-state index in [-0.39, 0.29) is 0 Å². The van der Waals surface area contributed by atoms with E-state index in [1.807, 2.05) is 0 Å². The molecule has 0 spiro atoms. The molecule has 72 valence electrons. The Balaban J connectivity index is 2.40. The molecule has 1 aliphatic heterocycles. The zero-order chi connectivity index (χ0) is 9.68. The van der Waals surface area contributed by atoms with Crippen LogP contribution in [0.2, 0.25) is 19.0 Å². The molecule has 0 amide bonds. The number of hydrogen-bond donors (Lipinski definition) is 0. The maximum absolute atomic E-state index is 10.9. The van der Waals surface area contributed by atoms with Gasteiger partial charge in [-0.05, 0) is 12.8 Å². The van der Waals surface area contributed by atoms with Crippen LogP contribution in [0.3, 0.4) is 0 Å². The van der Waals surface area contributed by atoms with Crippen molar-refractivity contribution in [1.29, 1.82) is 0 Å². The zero-order valence-corrected chi connectivity index (χ0v) is 8.75. The van der Waals surface area contributed by atoms with E-state index in [2.05, 4.69) is 19.1 Å². The molecular formula is C11H19BO. The van der Waals surface area contributed by atoms with E-state index >= 15 is 0 Å². The van der Waals surface area contributed by atoms with Crippen molar-refractivity contribution in [3.8, 4) is 0 Å². The second kappa shape index (κ2) is 5.26. The standard InChI is InChI=1S/C11H19BO/c1-3-12-7-4-5-11(6-8-12)9-10(2)13/h4-5,11H,3,6-9H2,1-2H3. The Hall–Kier alpha value is -0.525. The lowest BCUT2D eigenvalue weighted by molar-refractivity contribution is -0.117. The van der Waals surface area contributed by atoms with Gasteiger partial charge in [-0.25, -0.2) is 0 Å². The van der Waals surface area contributed by atoms with Gasteiger partial charge in [-0.15, -0.1) is 0 Å². The Morgan fingerprint density at radius 1 is 1.62 bits per heavy atom. The summed E-state index contributed by atoms with van der Waals surface area (Å²) in [7, 11) is 0. The van der Waals surface area contributed by atoms with E-state index in [1.165, 1.54) is 25.4 Å².